The molecule has 0 atom stereocenters. The van der Waals surface area contributed by atoms with Gasteiger partial charge in [0.25, 0.3) is 5.56 Å². The van der Waals surface area contributed by atoms with Crippen molar-refractivity contribution in [3.8, 4) is 0 Å². The Morgan fingerprint density at radius 3 is 2.55 bits per heavy atom. The van der Waals surface area contributed by atoms with Crippen LogP contribution in [0.4, 0.5) is 5.69 Å². The maximum Gasteiger partial charge on any atom is 0.328 e. The number of nitrogens with zero attached hydrogens (tertiary/aromatic N) is 2. The second-order valence-corrected chi connectivity index (χ2v) is 6.86. The summed E-state index contributed by atoms with van der Waals surface area (Å²) in [5.74, 6) is -0.706. The summed E-state index contributed by atoms with van der Waals surface area (Å²) in [7, 11) is 1.50. The summed E-state index contributed by atoms with van der Waals surface area (Å²) in [6, 6.07) is 13.5. The van der Waals surface area contributed by atoms with Gasteiger partial charge in [-0.25, -0.2) is 4.79 Å². The fourth-order valence-corrected chi connectivity index (χ4v) is 3.10. The van der Waals surface area contributed by atoms with Gasteiger partial charge in [0.1, 0.15) is 0 Å². The molecule has 29 heavy (non-hydrogen) atoms. The number of para-hydroxylation sites is 2. The Kier molecular flexibility index (Phi) is 6.13. The SMILES string of the molecule is CN(CC(=O)Nc1ccccc1Cl)C(=O)CCn1c(=O)[nH]c(=O)c2ccccc21. The number of halogens is 1. The van der Waals surface area contributed by atoms with Crippen molar-refractivity contribution in [3.63, 3.8) is 0 Å². The van der Waals surface area contributed by atoms with E-state index in [-0.39, 0.29) is 31.3 Å². The molecule has 0 aliphatic carbocycles. The molecule has 3 aromatic rings. The summed E-state index contributed by atoms with van der Waals surface area (Å²) in [6.45, 7) is -0.0865. The molecule has 150 valence electrons. The van der Waals surface area contributed by atoms with Gasteiger partial charge in [-0.15, -0.1) is 0 Å². The molecule has 0 radical (unpaired) electrons. The molecular formula is C20H19ClN4O4. The zero-order chi connectivity index (χ0) is 21.0. The van der Waals surface area contributed by atoms with E-state index in [0.717, 1.165) is 0 Å². The molecule has 2 amide bonds. The van der Waals surface area contributed by atoms with Crippen molar-refractivity contribution in [2.45, 2.75) is 13.0 Å². The molecule has 1 aromatic heterocycles. The molecule has 0 saturated carbocycles. The van der Waals surface area contributed by atoms with E-state index in [9.17, 15) is 19.2 Å². The van der Waals surface area contributed by atoms with Crippen molar-refractivity contribution in [2.24, 2.45) is 0 Å². The summed E-state index contributed by atoms with van der Waals surface area (Å²) in [6.07, 6.45) is -0.00812. The van der Waals surface area contributed by atoms with Crippen molar-refractivity contribution >= 4 is 40.0 Å². The quantitative estimate of drug-likeness (QED) is 0.642. The second-order valence-electron chi connectivity index (χ2n) is 6.46. The van der Waals surface area contributed by atoms with E-state index >= 15 is 0 Å². The average Bonchev–Trinajstić information content (AvgIpc) is 2.69. The van der Waals surface area contributed by atoms with Gasteiger partial charge in [0.2, 0.25) is 11.8 Å². The highest BCUT2D eigenvalue weighted by Crippen LogP contribution is 2.20. The number of aromatic nitrogens is 2. The normalized spacial score (nSPS) is 10.7. The summed E-state index contributed by atoms with van der Waals surface area (Å²) >= 11 is 6.01. The molecule has 0 bridgehead atoms. The Hall–Kier alpha value is -3.39. The van der Waals surface area contributed by atoms with Gasteiger partial charge in [-0.1, -0.05) is 35.9 Å². The zero-order valence-electron chi connectivity index (χ0n) is 15.6. The van der Waals surface area contributed by atoms with Crippen LogP contribution in [0.15, 0.2) is 58.1 Å². The third-order valence-corrected chi connectivity index (χ3v) is 4.74. The molecule has 8 nitrogen and oxygen atoms in total. The lowest BCUT2D eigenvalue weighted by Gasteiger charge is -2.18. The zero-order valence-corrected chi connectivity index (χ0v) is 16.4. The predicted molar refractivity (Wildman–Crippen MR) is 111 cm³/mol. The Balaban J connectivity index is 1.64. The number of hydrogen-bond donors (Lipinski definition) is 2. The molecule has 2 aromatic carbocycles. The number of benzene rings is 2. The number of fused-ring (bicyclic) bond motifs is 1. The number of H-pyrrole nitrogens is 1. The van der Waals surface area contributed by atoms with Gasteiger partial charge in [-0.05, 0) is 24.3 Å². The van der Waals surface area contributed by atoms with E-state index in [2.05, 4.69) is 10.3 Å². The van der Waals surface area contributed by atoms with Crippen LogP contribution >= 0.6 is 11.6 Å². The molecular weight excluding hydrogens is 396 g/mol. The van der Waals surface area contributed by atoms with E-state index in [1.807, 2.05) is 0 Å². The maximum absolute atomic E-state index is 12.4. The lowest BCUT2D eigenvalue weighted by molar-refractivity contribution is -0.133. The van der Waals surface area contributed by atoms with Gasteiger partial charge < -0.3 is 10.2 Å². The van der Waals surface area contributed by atoms with Crippen LogP contribution in [0.5, 0.6) is 0 Å². The highest BCUT2D eigenvalue weighted by atomic mass is 35.5. The Morgan fingerprint density at radius 2 is 1.79 bits per heavy atom. The minimum atomic E-state index is -0.583. The summed E-state index contributed by atoms with van der Waals surface area (Å²) in [5, 5.41) is 3.42. The van der Waals surface area contributed by atoms with E-state index in [1.165, 1.54) is 16.5 Å². The number of anilines is 1. The first-order valence-corrected chi connectivity index (χ1v) is 9.25. The molecule has 0 spiro atoms. The van der Waals surface area contributed by atoms with Crippen LogP contribution in [0.25, 0.3) is 10.9 Å². The third-order valence-electron chi connectivity index (χ3n) is 4.41. The van der Waals surface area contributed by atoms with Crippen LogP contribution in [0.3, 0.4) is 0 Å². The first-order chi connectivity index (χ1) is 13.9. The minimum Gasteiger partial charge on any atom is -0.336 e. The summed E-state index contributed by atoms with van der Waals surface area (Å²) in [4.78, 5) is 52.1. The average molecular weight is 415 g/mol. The highest BCUT2D eigenvalue weighted by molar-refractivity contribution is 6.33. The smallest absolute Gasteiger partial charge is 0.328 e. The largest absolute Gasteiger partial charge is 0.336 e. The number of amides is 2. The summed E-state index contributed by atoms with van der Waals surface area (Å²) < 4.78 is 1.34. The molecule has 9 heteroatoms. The fraction of sp³-hybridized carbons (Fsp3) is 0.200. The highest BCUT2D eigenvalue weighted by Gasteiger charge is 2.15. The maximum atomic E-state index is 12.4. The lowest BCUT2D eigenvalue weighted by atomic mass is 10.2. The Bertz CT molecular complexity index is 1180. The van der Waals surface area contributed by atoms with Crippen molar-refractivity contribution in [1.82, 2.24) is 14.5 Å². The molecule has 2 N–H and O–H groups in total. The van der Waals surface area contributed by atoms with Crippen LogP contribution in [-0.4, -0.2) is 39.9 Å². The van der Waals surface area contributed by atoms with Gasteiger partial charge in [0.05, 0.1) is 28.2 Å². The molecule has 0 fully saturated rings. The fourth-order valence-electron chi connectivity index (χ4n) is 2.92. The first-order valence-electron chi connectivity index (χ1n) is 8.87. The van der Waals surface area contributed by atoms with Crippen molar-refractivity contribution in [2.75, 3.05) is 18.9 Å². The van der Waals surface area contributed by atoms with Crippen LogP contribution < -0.4 is 16.6 Å². The van der Waals surface area contributed by atoms with Gasteiger partial charge in [-0.3, -0.25) is 23.9 Å². The molecule has 0 aliphatic heterocycles. The standard InChI is InChI=1S/C20H19ClN4O4/c1-24(12-17(26)22-15-8-4-3-7-14(15)21)18(27)10-11-25-16-9-5-2-6-13(16)19(28)23-20(25)29/h2-9H,10-12H2,1H3,(H,22,26)(H,23,28,29). The molecule has 0 aliphatic rings. The molecule has 3 rings (SSSR count). The van der Waals surface area contributed by atoms with Crippen LogP contribution in [0, 0.1) is 0 Å². The van der Waals surface area contributed by atoms with E-state index in [4.69, 9.17) is 11.6 Å². The van der Waals surface area contributed by atoms with Gasteiger partial charge in [0.15, 0.2) is 0 Å². The van der Waals surface area contributed by atoms with Crippen LogP contribution in [0.1, 0.15) is 6.42 Å². The topological polar surface area (TPSA) is 104 Å². The molecule has 1 heterocycles. The van der Waals surface area contributed by atoms with Crippen LogP contribution in [0.2, 0.25) is 5.02 Å². The minimum absolute atomic E-state index is 0.00812. The number of aromatic amines is 1. The number of aryl methyl sites for hydroxylation is 1. The third kappa shape index (κ3) is 4.72. The van der Waals surface area contributed by atoms with Crippen molar-refractivity contribution in [3.05, 3.63) is 74.4 Å². The van der Waals surface area contributed by atoms with E-state index in [0.29, 0.717) is 21.6 Å². The first kappa shape index (κ1) is 20.3. The van der Waals surface area contributed by atoms with Gasteiger partial charge in [0, 0.05) is 20.0 Å². The monoisotopic (exact) mass is 414 g/mol. The van der Waals surface area contributed by atoms with Crippen molar-refractivity contribution in [1.29, 1.82) is 0 Å². The Morgan fingerprint density at radius 1 is 1.10 bits per heavy atom. The van der Waals surface area contributed by atoms with E-state index < -0.39 is 11.2 Å². The van der Waals surface area contributed by atoms with Crippen LogP contribution in [-0.2, 0) is 16.1 Å². The van der Waals surface area contributed by atoms with Gasteiger partial charge in [-0.2, -0.15) is 0 Å². The summed E-state index contributed by atoms with van der Waals surface area (Å²) in [5.41, 5.74) is -0.137. The lowest BCUT2D eigenvalue weighted by Crippen LogP contribution is -2.36. The second kappa shape index (κ2) is 8.74. The molecule has 0 unspecified atom stereocenters. The number of likely N-dealkylation sites (N-methyl/N-ethyl adjacent to an activating group) is 1. The number of hydrogen-bond acceptors (Lipinski definition) is 4. The predicted octanol–water partition coefficient (Wildman–Crippen LogP) is 1.83. The number of carbonyl (C=O) groups is 2. The van der Waals surface area contributed by atoms with E-state index in [1.54, 1.807) is 48.5 Å². The van der Waals surface area contributed by atoms with Crippen molar-refractivity contribution < 1.29 is 9.59 Å². The Labute approximate surface area is 170 Å². The number of nitrogens with one attached hydrogen (secondary N) is 2. The molecule has 0 saturated heterocycles. The number of carbonyl (C=O) groups excluding carboxylic acids is 2. The van der Waals surface area contributed by atoms with Gasteiger partial charge >= 0.3 is 5.69 Å². The number of rotatable bonds is 6.